The van der Waals surface area contributed by atoms with Crippen LogP contribution >= 0.6 is 0 Å². The summed E-state index contributed by atoms with van der Waals surface area (Å²) in [4.78, 5) is 24.1. The molecule has 0 amide bonds. The van der Waals surface area contributed by atoms with E-state index < -0.39 is 0 Å². The van der Waals surface area contributed by atoms with Gasteiger partial charge in [-0.15, -0.1) is 6.58 Å². The van der Waals surface area contributed by atoms with E-state index in [2.05, 4.69) is 33.4 Å². The summed E-state index contributed by atoms with van der Waals surface area (Å²) in [5, 5.41) is 3.18. The van der Waals surface area contributed by atoms with E-state index in [-0.39, 0.29) is 5.92 Å². The van der Waals surface area contributed by atoms with Gasteiger partial charge in [-0.3, -0.25) is 9.78 Å². The predicted octanol–water partition coefficient (Wildman–Crippen LogP) is 3.88. The van der Waals surface area contributed by atoms with E-state index in [4.69, 9.17) is 4.74 Å². The Morgan fingerprint density at radius 1 is 1.29 bits per heavy atom. The minimum absolute atomic E-state index is 0.129. The number of aromatic amines is 1. The molecule has 0 saturated carbocycles. The summed E-state index contributed by atoms with van der Waals surface area (Å²) in [6, 6.07) is 7.40. The van der Waals surface area contributed by atoms with Gasteiger partial charge in [0.2, 0.25) is 5.88 Å². The molecule has 1 unspecified atom stereocenters. The number of carbonyl (C=O) groups is 1. The van der Waals surface area contributed by atoms with Crippen LogP contribution in [0.5, 0.6) is 5.88 Å². The summed E-state index contributed by atoms with van der Waals surface area (Å²) in [6.45, 7) is 8.61. The van der Waals surface area contributed by atoms with Gasteiger partial charge in [-0.05, 0) is 31.7 Å². The highest BCUT2D eigenvalue weighted by Crippen LogP contribution is 2.31. The lowest BCUT2D eigenvalue weighted by molar-refractivity contribution is 0.112. The van der Waals surface area contributed by atoms with Crippen molar-refractivity contribution < 1.29 is 9.53 Å². The number of ether oxygens (including phenoxy) is 1. The van der Waals surface area contributed by atoms with Crippen molar-refractivity contribution in [3.8, 4) is 17.1 Å². The summed E-state index contributed by atoms with van der Waals surface area (Å²) in [7, 11) is 1.89. The topological polar surface area (TPSA) is 79.9 Å². The van der Waals surface area contributed by atoms with Gasteiger partial charge < -0.3 is 15.0 Å². The van der Waals surface area contributed by atoms with Gasteiger partial charge in [-0.25, -0.2) is 4.98 Å². The molecule has 1 atom stereocenters. The van der Waals surface area contributed by atoms with Crippen LogP contribution in [0.3, 0.4) is 0 Å². The van der Waals surface area contributed by atoms with Crippen molar-refractivity contribution in [2.24, 2.45) is 0 Å². The van der Waals surface area contributed by atoms with Crippen LogP contribution in [0.25, 0.3) is 22.3 Å². The Bertz CT molecular complexity index is 993. The minimum Gasteiger partial charge on any atom is -0.473 e. The average molecular weight is 376 g/mol. The standard InChI is InChI=1S/C22H24N4O2/c1-4-6-15(13-23-3)21-16(14-27)12-19(25-21)17-9-10-24-18-7-8-20(26-22(17)18)28-11-5-2/h4-5,7-10,12,14-15,23,25H,1-2,6,11,13H2,3H3. The van der Waals surface area contributed by atoms with Crippen LogP contribution in [0.4, 0.5) is 0 Å². The summed E-state index contributed by atoms with van der Waals surface area (Å²) >= 11 is 0. The Morgan fingerprint density at radius 2 is 2.14 bits per heavy atom. The molecule has 0 aliphatic carbocycles. The molecule has 0 fully saturated rings. The highest BCUT2D eigenvalue weighted by Gasteiger charge is 2.19. The molecule has 0 spiro atoms. The van der Waals surface area contributed by atoms with Gasteiger partial charge in [0, 0.05) is 47.2 Å². The van der Waals surface area contributed by atoms with E-state index in [0.717, 1.165) is 41.7 Å². The number of pyridine rings is 2. The van der Waals surface area contributed by atoms with E-state index in [1.807, 2.05) is 31.3 Å². The van der Waals surface area contributed by atoms with Crippen molar-refractivity contribution in [2.75, 3.05) is 20.2 Å². The second-order valence-corrected chi connectivity index (χ2v) is 6.42. The zero-order valence-corrected chi connectivity index (χ0v) is 15.9. The van der Waals surface area contributed by atoms with Crippen LogP contribution in [0.15, 0.2) is 55.8 Å². The molecule has 3 rings (SSSR count). The Kier molecular flexibility index (Phi) is 6.34. The van der Waals surface area contributed by atoms with Crippen molar-refractivity contribution in [2.45, 2.75) is 12.3 Å². The molecule has 28 heavy (non-hydrogen) atoms. The first-order chi connectivity index (χ1) is 13.7. The quantitative estimate of drug-likeness (QED) is 0.415. The smallest absolute Gasteiger partial charge is 0.214 e. The zero-order valence-electron chi connectivity index (χ0n) is 15.9. The van der Waals surface area contributed by atoms with Gasteiger partial charge in [0.15, 0.2) is 6.29 Å². The number of hydrogen-bond donors (Lipinski definition) is 2. The maximum absolute atomic E-state index is 11.7. The van der Waals surface area contributed by atoms with Crippen molar-refractivity contribution in [3.05, 3.63) is 67.0 Å². The molecule has 144 valence electrons. The lowest BCUT2D eigenvalue weighted by atomic mass is 9.98. The summed E-state index contributed by atoms with van der Waals surface area (Å²) in [6.07, 6.45) is 6.92. The van der Waals surface area contributed by atoms with Crippen LogP contribution in [0.2, 0.25) is 0 Å². The number of nitrogens with zero attached hydrogens (tertiary/aromatic N) is 2. The molecular formula is C22H24N4O2. The Hall–Kier alpha value is -3.25. The number of hydrogen-bond acceptors (Lipinski definition) is 5. The maximum atomic E-state index is 11.7. The third-order valence-electron chi connectivity index (χ3n) is 4.51. The molecule has 0 aromatic carbocycles. The lowest BCUT2D eigenvalue weighted by Gasteiger charge is -2.14. The number of likely N-dealkylation sites (N-methyl/N-ethyl adjacent to an activating group) is 1. The van der Waals surface area contributed by atoms with Crippen LogP contribution in [-0.4, -0.2) is 41.4 Å². The monoisotopic (exact) mass is 376 g/mol. The van der Waals surface area contributed by atoms with Crippen LogP contribution in [-0.2, 0) is 0 Å². The van der Waals surface area contributed by atoms with Crippen LogP contribution < -0.4 is 10.1 Å². The Balaban J connectivity index is 2.09. The highest BCUT2D eigenvalue weighted by molar-refractivity contribution is 5.92. The molecule has 0 radical (unpaired) electrons. The minimum atomic E-state index is 0.129. The van der Waals surface area contributed by atoms with E-state index in [0.29, 0.717) is 23.6 Å². The third-order valence-corrected chi connectivity index (χ3v) is 4.51. The lowest BCUT2D eigenvalue weighted by Crippen LogP contribution is -2.18. The van der Waals surface area contributed by atoms with E-state index in [1.54, 1.807) is 18.3 Å². The molecule has 0 aliphatic rings. The van der Waals surface area contributed by atoms with Crippen molar-refractivity contribution >= 4 is 17.3 Å². The fraction of sp³-hybridized carbons (Fsp3) is 0.227. The molecule has 3 aromatic rings. The fourth-order valence-electron chi connectivity index (χ4n) is 3.27. The van der Waals surface area contributed by atoms with Crippen molar-refractivity contribution in [1.29, 1.82) is 0 Å². The van der Waals surface area contributed by atoms with E-state index in [9.17, 15) is 4.79 Å². The number of nitrogens with one attached hydrogen (secondary N) is 2. The molecule has 3 aromatic heterocycles. The summed E-state index contributed by atoms with van der Waals surface area (Å²) in [5.74, 6) is 0.632. The zero-order chi connectivity index (χ0) is 19.9. The van der Waals surface area contributed by atoms with Gasteiger partial charge in [-0.1, -0.05) is 18.7 Å². The second kappa shape index (κ2) is 9.10. The van der Waals surface area contributed by atoms with Gasteiger partial charge in [0.05, 0.1) is 5.52 Å². The normalized spacial score (nSPS) is 11.9. The summed E-state index contributed by atoms with van der Waals surface area (Å²) < 4.78 is 5.56. The molecular weight excluding hydrogens is 352 g/mol. The molecule has 2 N–H and O–H groups in total. The molecule has 0 aliphatic heterocycles. The molecule has 3 heterocycles. The Labute approximate surface area is 164 Å². The first-order valence-electron chi connectivity index (χ1n) is 9.15. The number of aldehydes is 1. The number of rotatable bonds is 10. The van der Waals surface area contributed by atoms with Crippen molar-refractivity contribution in [3.63, 3.8) is 0 Å². The van der Waals surface area contributed by atoms with Crippen LogP contribution in [0.1, 0.15) is 28.4 Å². The van der Waals surface area contributed by atoms with E-state index >= 15 is 0 Å². The second-order valence-electron chi connectivity index (χ2n) is 6.42. The SMILES string of the molecule is C=CCOc1ccc2nccc(-c3cc(C=O)c(C(CC=C)CNC)[nH]3)c2n1. The maximum Gasteiger partial charge on any atom is 0.214 e. The predicted molar refractivity (Wildman–Crippen MR) is 112 cm³/mol. The van der Waals surface area contributed by atoms with Gasteiger partial charge >= 0.3 is 0 Å². The average Bonchev–Trinajstić information content (AvgIpc) is 3.15. The van der Waals surface area contributed by atoms with Gasteiger partial charge in [0.25, 0.3) is 0 Å². The number of aromatic nitrogens is 3. The fourth-order valence-corrected chi connectivity index (χ4v) is 3.27. The Morgan fingerprint density at radius 3 is 2.86 bits per heavy atom. The number of carbonyl (C=O) groups excluding carboxylic acids is 1. The summed E-state index contributed by atoms with van der Waals surface area (Å²) in [5.41, 5.74) is 4.69. The molecule has 0 saturated heterocycles. The van der Waals surface area contributed by atoms with Crippen LogP contribution in [0, 0.1) is 0 Å². The first-order valence-corrected chi connectivity index (χ1v) is 9.15. The number of fused-ring (bicyclic) bond motifs is 1. The molecule has 6 nitrogen and oxygen atoms in total. The largest absolute Gasteiger partial charge is 0.473 e. The number of allylic oxidation sites excluding steroid dienone is 1. The van der Waals surface area contributed by atoms with Gasteiger partial charge in [-0.2, -0.15) is 0 Å². The molecule has 6 heteroatoms. The molecule has 0 bridgehead atoms. The highest BCUT2D eigenvalue weighted by atomic mass is 16.5. The number of H-pyrrole nitrogens is 1. The van der Waals surface area contributed by atoms with Gasteiger partial charge in [0.1, 0.15) is 12.1 Å². The van der Waals surface area contributed by atoms with Crippen molar-refractivity contribution in [1.82, 2.24) is 20.3 Å². The van der Waals surface area contributed by atoms with E-state index in [1.165, 1.54) is 0 Å². The first kappa shape index (κ1) is 19.5. The third kappa shape index (κ3) is 4.02.